The lowest BCUT2D eigenvalue weighted by Gasteiger charge is -2.12. The van der Waals surface area contributed by atoms with E-state index in [2.05, 4.69) is 22.4 Å². The second-order valence-corrected chi connectivity index (χ2v) is 5.60. The number of nitrogens with one attached hydrogen (secondary N) is 1. The number of benzene rings is 1. The molecule has 2 aromatic rings. The summed E-state index contributed by atoms with van der Waals surface area (Å²) in [6.45, 7) is 7.07. The van der Waals surface area contributed by atoms with Crippen LogP contribution in [0.1, 0.15) is 24.5 Å². The zero-order valence-corrected chi connectivity index (χ0v) is 13.3. The minimum Gasteiger partial charge on any atom is -0.368 e. The molecule has 5 heteroatoms. The molecule has 0 fully saturated rings. The van der Waals surface area contributed by atoms with E-state index in [9.17, 15) is 0 Å². The minimum atomic E-state index is 0.597. The highest BCUT2D eigenvalue weighted by Crippen LogP contribution is 2.30. The van der Waals surface area contributed by atoms with Crippen molar-refractivity contribution in [2.24, 2.45) is 0 Å². The highest BCUT2D eigenvalue weighted by atomic mass is 35.5. The summed E-state index contributed by atoms with van der Waals surface area (Å²) in [6.07, 6.45) is 1.05. The van der Waals surface area contributed by atoms with Gasteiger partial charge in [0.05, 0.1) is 5.69 Å². The van der Waals surface area contributed by atoms with Gasteiger partial charge in [0.15, 0.2) is 5.82 Å². The summed E-state index contributed by atoms with van der Waals surface area (Å²) in [6, 6.07) is 5.41. The van der Waals surface area contributed by atoms with Crippen molar-refractivity contribution < 1.29 is 0 Å². The Kier molecular flexibility index (Phi) is 4.84. The van der Waals surface area contributed by atoms with Gasteiger partial charge in [0, 0.05) is 22.2 Å². The minimum absolute atomic E-state index is 0.597. The summed E-state index contributed by atoms with van der Waals surface area (Å²) < 4.78 is 0. The lowest BCUT2D eigenvalue weighted by Crippen LogP contribution is -2.07. The van der Waals surface area contributed by atoms with E-state index in [0.717, 1.165) is 41.2 Å². The standard InChI is InChI=1S/C15H17Cl2N3/c1-4-5-18-15-10(3)9(2)14(19-20-15)11-6-12(16)8-13(17)7-11/h6-8H,4-5H2,1-3H3,(H,18,20). The van der Waals surface area contributed by atoms with Gasteiger partial charge in [0.2, 0.25) is 0 Å². The largest absolute Gasteiger partial charge is 0.368 e. The van der Waals surface area contributed by atoms with Crippen LogP contribution in [-0.4, -0.2) is 16.7 Å². The summed E-state index contributed by atoms with van der Waals surface area (Å²) >= 11 is 12.1. The summed E-state index contributed by atoms with van der Waals surface area (Å²) in [5.74, 6) is 0.834. The molecule has 106 valence electrons. The van der Waals surface area contributed by atoms with E-state index in [4.69, 9.17) is 23.2 Å². The quantitative estimate of drug-likeness (QED) is 0.873. The van der Waals surface area contributed by atoms with Crippen molar-refractivity contribution in [1.29, 1.82) is 0 Å². The van der Waals surface area contributed by atoms with E-state index < -0.39 is 0 Å². The lowest BCUT2D eigenvalue weighted by atomic mass is 10.0. The van der Waals surface area contributed by atoms with Crippen LogP contribution in [0.5, 0.6) is 0 Å². The van der Waals surface area contributed by atoms with Crippen molar-refractivity contribution in [1.82, 2.24) is 10.2 Å². The lowest BCUT2D eigenvalue weighted by molar-refractivity contribution is 0.933. The molecule has 0 aliphatic rings. The second kappa shape index (κ2) is 6.42. The van der Waals surface area contributed by atoms with Gasteiger partial charge in [-0.2, -0.15) is 0 Å². The molecule has 0 saturated carbocycles. The number of hydrogen-bond donors (Lipinski definition) is 1. The van der Waals surface area contributed by atoms with Gasteiger partial charge >= 0.3 is 0 Å². The highest BCUT2D eigenvalue weighted by molar-refractivity contribution is 6.35. The smallest absolute Gasteiger partial charge is 0.151 e. The molecule has 3 nitrogen and oxygen atoms in total. The Labute approximate surface area is 129 Å². The van der Waals surface area contributed by atoms with Gasteiger partial charge in [0.1, 0.15) is 0 Å². The Balaban J connectivity index is 2.45. The molecule has 1 aromatic heterocycles. The summed E-state index contributed by atoms with van der Waals surface area (Å²) in [5, 5.41) is 13.1. The van der Waals surface area contributed by atoms with Crippen molar-refractivity contribution in [2.75, 3.05) is 11.9 Å². The molecule has 1 aromatic carbocycles. The van der Waals surface area contributed by atoms with Gasteiger partial charge in [-0.1, -0.05) is 30.1 Å². The van der Waals surface area contributed by atoms with Crippen molar-refractivity contribution in [3.63, 3.8) is 0 Å². The normalized spacial score (nSPS) is 10.7. The SMILES string of the molecule is CCCNc1nnc(-c2cc(Cl)cc(Cl)c2)c(C)c1C. The third-order valence-corrected chi connectivity index (χ3v) is 3.64. The summed E-state index contributed by atoms with van der Waals surface area (Å²) in [7, 11) is 0. The predicted molar refractivity (Wildman–Crippen MR) is 85.7 cm³/mol. The van der Waals surface area contributed by atoms with Crippen LogP contribution in [0.4, 0.5) is 5.82 Å². The highest BCUT2D eigenvalue weighted by Gasteiger charge is 2.12. The molecule has 0 unspecified atom stereocenters. The van der Waals surface area contributed by atoms with Crippen LogP contribution in [0.25, 0.3) is 11.3 Å². The van der Waals surface area contributed by atoms with Crippen LogP contribution < -0.4 is 5.32 Å². The number of anilines is 1. The Bertz CT molecular complexity index is 607. The average molecular weight is 310 g/mol. The van der Waals surface area contributed by atoms with Crippen LogP contribution in [0.15, 0.2) is 18.2 Å². The molecule has 0 bridgehead atoms. The van der Waals surface area contributed by atoms with E-state index in [0.29, 0.717) is 10.0 Å². The number of rotatable bonds is 4. The summed E-state index contributed by atoms with van der Waals surface area (Å²) in [5.41, 5.74) is 3.88. The molecule has 1 heterocycles. The molecule has 0 radical (unpaired) electrons. The first kappa shape index (κ1) is 15.1. The Hall–Kier alpha value is -1.32. The molecular weight excluding hydrogens is 293 g/mol. The zero-order chi connectivity index (χ0) is 14.7. The first-order chi connectivity index (χ1) is 9.52. The number of hydrogen-bond acceptors (Lipinski definition) is 3. The first-order valence-electron chi connectivity index (χ1n) is 6.57. The number of nitrogens with zero attached hydrogens (tertiary/aromatic N) is 2. The molecule has 1 N–H and O–H groups in total. The van der Waals surface area contributed by atoms with Crippen molar-refractivity contribution in [2.45, 2.75) is 27.2 Å². The number of halogens is 2. The van der Waals surface area contributed by atoms with Crippen LogP contribution in [0, 0.1) is 13.8 Å². The fraction of sp³-hybridized carbons (Fsp3) is 0.333. The number of aromatic nitrogens is 2. The molecule has 0 atom stereocenters. The Morgan fingerprint density at radius 3 is 2.25 bits per heavy atom. The van der Waals surface area contributed by atoms with Gasteiger partial charge in [0.25, 0.3) is 0 Å². The average Bonchev–Trinajstić information content (AvgIpc) is 2.39. The van der Waals surface area contributed by atoms with E-state index in [1.54, 1.807) is 6.07 Å². The van der Waals surface area contributed by atoms with Crippen molar-refractivity contribution in [3.05, 3.63) is 39.4 Å². The van der Waals surface area contributed by atoms with E-state index >= 15 is 0 Å². The van der Waals surface area contributed by atoms with Crippen LogP contribution in [0.2, 0.25) is 10.0 Å². The van der Waals surface area contributed by atoms with E-state index in [-0.39, 0.29) is 0 Å². The van der Waals surface area contributed by atoms with Gasteiger partial charge in [-0.3, -0.25) is 0 Å². The van der Waals surface area contributed by atoms with Crippen molar-refractivity contribution in [3.8, 4) is 11.3 Å². The molecule has 0 spiro atoms. The third-order valence-electron chi connectivity index (χ3n) is 3.20. The van der Waals surface area contributed by atoms with Gasteiger partial charge in [-0.25, -0.2) is 0 Å². The van der Waals surface area contributed by atoms with Crippen molar-refractivity contribution >= 4 is 29.0 Å². The molecule has 2 rings (SSSR count). The van der Waals surface area contributed by atoms with Gasteiger partial charge in [-0.05, 0) is 49.6 Å². The Morgan fingerprint density at radius 1 is 1.00 bits per heavy atom. The first-order valence-corrected chi connectivity index (χ1v) is 7.32. The molecule has 0 aliphatic carbocycles. The predicted octanol–water partition coefficient (Wildman–Crippen LogP) is 4.89. The maximum absolute atomic E-state index is 6.05. The summed E-state index contributed by atoms with van der Waals surface area (Å²) in [4.78, 5) is 0. The zero-order valence-electron chi connectivity index (χ0n) is 11.8. The van der Waals surface area contributed by atoms with Crippen LogP contribution >= 0.6 is 23.2 Å². The monoisotopic (exact) mass is 309 g/mol. The fourth-order valence-electron chi connectivity index (χ4n) is 1.98. The molecule has 0 saturated heterocycles. The van der Waals surface area contributed by atoms with Gasteiger partial charge in [-0.15, -0.1) is 10.2 Å². The Morgan fingerprint density at radius 2 is 1.65 bits per heavy atom. The fourth-order valence-corrected chi connectivity index (χ4v) is 2.51. The maximum atomic E-state index is 6.05. The second-order valence-electron chi connectivity index (χ2n) is 4.73. The van der Waals surface area contributed by atoms with Crippen LogP contribution in [-0.2, 0) is 0 Å². The van der Waals surface area contributed by atoms with E-state index in [1.807, 2.05) is 26.0 Å². The maximum Gasteiger partial charge on any atom is 0.151 e. The third kappa shape index (κ3) is 3.22. The van der Waals surface area contributed by atoms with Crippen LogP contribution in [0.3, 0.4) is 0 Å². The topological polar surface area (TPSA) is 37.8 Å². The van der Waals surface area contributed by atoms with E-state index in [1.165, 1.54) is 0 Å². The molecule has 0 amide bonds. The van der Waals surface area contributed by atoms with Gasteiger partial charge < -0.3 is 5.32 Å². The molecule has 20 heavy (non-hydrogen) atoms. The molecular formula is C15H17Cl2N3. The molecule has 0 aliphatic heterocycles.